The van der Waals surface area contributed by atoms with Crippen LogP contribution in [0.5, 0.6) is 23.0 Å². The van der Waals surface area contributed by atoms with Gasteiger partial charge in [-0.3, -0.25) is 19.2 Å². The second-order valence-electron chi connectivity index (χ2n) is 9.98. The second kappa shape index (κ2) is 12.2. The third kappa shape index (κ3) is 4.62. The third-order valence-corrected chi connectivity index (χ3v) is 7.50. The fraction of sp³-hybridized carbons (Fsp3) is 0.312. The highest BCUT2D eigenvalue weighted by atomic mass is 16.5. The summed E-state index contributed by atoms with van der Waals surface area (Å²) in [6.07, 6.45) is 4.01. The predicted octanol–water partition coefficient (Wildman–Crippen LogP) is 4.25. The molecule has 0 atom stereocenters. The number of allylic oxidation sites excluding steroid dienone is 2. The lowest BCUT2D eigenvalue weighted by Crippen LogP contribution is -2.25. The summed E-state index contributed by atoms with van der Waals surface area (Å²) in [5, 5.41) is 22.5. The molecular weight excluding hydrogens is 576 g/mol. The quantitative estimate of drug-likeness (QED) is 0.306. The smallest absolute Gasteiger partial charge is 0.345 e. The topological polar surface area (TPSA) is 180 Å². The van der Waals surface area contributed by atoms with Gasteiger partial charge in [-0.05, 0) is 25.0 Å². The van der Waals surface area contributed by atoms with Crippen LogP contribution < -0.4 is 9.47 Å². The highest BCUT2D eigenvalue weighted by molar-refractivity contribution is 6.54. The summed E-state index contributed by atoms with van der Waals surface area (Å²) in [4.78, 5) is 79.3. The fourth-order valence-corrected chi connectivity index (χ4v) is 5.61. The van der Waals surface area contributed by atoms with Gasteiger partial charge in [0.15, 0.2) is 0 Å². The second-order valence-corrected chi connectivity index (χ2v) is 9.98. The third-order valence-electron chi connectivity index (χ3n) is 7.50. The van der Waals surface area contributed by atoms with E-state index in [4.69, 9.17) is 18.9 Å². The van der Waals surface area contributed by atoms with Crippen LogP contribution in [0.15, 0.2) is 11.1 Å². The summed E-state index contributed by atoms with van der Waals surface area (Å²) in [7, 11) is 4.37. The van der Waals surface area contributed by atoms with Crippen molar-refractivity contribution in [1.82, 2.24) is 0 Å². The number of phenolic OH excluding ortho intramolecular Hbond substituents is 2. The molecule has 4 rings (SSSR count). The van der Waals surface area contributed by atoms with Crippen molar-refractivity contribution in [2.45, 2.75) is 39.5 Å². The molecule has 12 heteroatoms. The molecule has 0 aromatic heterocycles. The monoisotopic (exact) mass is 606 g/mol. The van der Waals surface area contributed by atoms with E-state index >= 15 is 0 Å². The standard InChI is InChI=1S/C32H30O12/c1-7-9-13-11-15-17(29(41-3)21(31(39)43-5)25(35)19(15)27(37)23(13)33)18-16-12-14(10-8-2)24(34)28(38)20(16)26(36)22(30(18)42-4)32(40)44-6/h11-12,35-36H,7-10H2,1-6H3. The van der Waals surface area contributed by atoms with Gasteiger partial charge in [0.05, 0.1) is 39.6 Å². The van der Waals surface area contributed by atoms with Gasteiger partial charge in [-0.25, -0.2) is 9.59 Å². The van der Waals surface area contributed by atoms with Crippen molar-refractivity contribution in [2.24, 2.45) is 0 Å². The number of rotatable bonds is 9. The molecule has 0 radical (unpaired) electrons. The number of benzene rings is 2. The average molecular weight is 607 g/mol. The number of Topliss-reactive ketones (excluding diaryl/α,β-unsaturated/α-hetero) is 4. The molecule has 0 saturated heterocycles. The van der Waals surface area contributed by atoms with Crippen LogP contribution in [0, 0.1) is 0 Å². The van der Waals surface area contributed by atoms with E-state index in [9.17, 15) is 39.0 Å². The molecular formula is C32H30O12. The molecule has 2 aromatic carbocycles. The largest absolute Gasteiger partial charge is 0.506 e. The van der Waals surface area contributed by atoms with Gasteiger partial charge >= 0.3 is 11.9 Å². The van der Waals surface area contributed by atoms with E-state index in [0.717, 1.165) is 28.4 Å². The molecule has 2 aromatic rings. The number of methoxy groups -OCH3 is 4. The molecule has 0 aliphatic heterocycles. The van der Waals surface area contributed by atoms with Crippen LogP contribution in [0.1, 0.15) is 92.1 Å². The van der Waals surface area contributed by atoms with Crippen molar-refractivity contribution in [3.05, 3.63) is 44.5 Å². The van der Waals surface area contributed by atoms with Crippen molar-refractivity contribution in [3.8, 4) is 34.1 Å². The molecule has 0 fully saturated rings. The van der Waals surface area contributed by atoms with E-state index in [2.05, 4.69) is 0 Å². The zero-order chi connectivity index (χ0) is 32.6. The number of hydrogen-bond acceptors (Lipinski definition) is 12. The number of phenols is 2. The van der Waals surface area contributed by atoms with E-state index in [-0.39, 0.29) is 57.7 Å². The molecule has 12 nitrogen and oxygen atoms in total. The fourth-order valence-electron chi connectivity index (χ4n) is 5.61. The summed E-state index contributed by atoms with van der Waals surface area (Å²) < 4.78 is 21.0. The molecule has 230 valence electrons. The van der Waals surface area contributed by atoms with Crippen molar-refractivity contribution < 1.29 is 57.9 Å². The van der Waals surface area contributed by atoms with Gasteiger partial charge in [-0.2, -0.15) is 0 Å². The van der Waals surface area contributed by atoms with E-state index in [1.165, 1.54) is 12.2 Å². The Labute approximate surface area is 251 Å². The minimum absolute atomic E-state index is 0.0863. The van der Waals surface area contributed by atoms with Crippen molar-refractivity contribution in [3.63, 3.8) is 0 Å². The van der Waals surface area contributed by atoms with Gasteiger partial charge in [-0.1, -0.05) is 26.7 Å². The molecule has 0 spiro atoms. The van der Waals surface area contributed by atoms with Gasteiger partial charge in [0.2, 0.25) is 23.1 Å². The highest BCUT2D eigenvalue weighted by Crippen LogP contribution is 2.54. The lowest BCUT2D eigenvalue weighted by atomic mass is 9.77. The van der Waals surface area contributed by atoms with Crippen molar-refractivity contribution >= 4 is 47.2 Å². The Morgan fingerprint density at radius 2 is 0.932 bits per heavy atom. The first-order valence-corrected chi connectivity index (χ1v) is 13.6. The molecule has 0 unspecified atom stereocenters. The van der Waals surface area contributed by atoms with Crippen LogP contribution in [0.4, 0.5) is 0 Å². The molecule has 0 bridgehead atoms. The Kier molecular flexibility index (Phi) is 8.75. The molecule has 0 saturated carbocycles. The zero-order valence-corrected chi connectivity index (χ0v) is 25.0. The number of aromatic hydroxyl groups is 2. The Morgan fingerprint density at radius 1 is 0.591 bits per heavy atom. The highest BCUT2D eigenvalue weighted by Gasteiger charge is 2.43. The number of carbonyl (C=O) groups is 6. The lowest BCUT2D eigenvalue weighted by Gasteiger charge is -2.28. The minimum atomic E-state index is -1.14. The van der Waals surface area contributed by atoms with E-state index in [1.807, 2.05) is 0 Å². The van der Waals surface area contributed by atoms with Crippen LogP contribution in [-0.4, -0.2) is 73.7 Å². The molecule has 0 amide bonds. The first kappa shape index (κ1) is 31.7. The molecule has 0 heterocycles. The Balaban J connectivity index is 2.41. The number of carbonyl (C=O) groups excluding carboxylic acids is 6. The average Bonchev–Trinajstić information content (AvgIpc) is 3.01. The predicted molar refractivity (Wildman–Crippen MR) is 155 cm³/mol. The molecule has 2 aliphatic rings. The Bertz CT molecular complexity index is 1610. The van der Waals surface area contributed by atoms with Crippen molar-refractivity contribution in [1.29, 1.82) is 0 Å². The van der Waals surface area contributed by atoms with Gasteiger partial charge in [-0.15, -0.1) is 0 Å². The lowest BCUT2D eigenvalue weighted by molar-refractivity contribution is -0.112. The van der Waals surface area contributed by atoms with Crippen LogP contribution in [-0.2, 0) is 19.1 Å². The Hall–Kier alpha value is -5.26. The van der Waals surface area contributed by atoms with Gasteiger partial charge in [0.25, 0.3) is 0 Å². The molecule has 44 heavy (non-hydrogen) atoms. The van der Waals surface area contributed by atoms with Crippen LogP contribution in [0.25, 0.3) is 23.3 Å². The maximum atomic E-state index is 13.5. The van der Waals surface area contributed by atoms with E-state index in [1.54, 1.807) is 13.8 Å². The molecule has 2 N–H and O–H groups in total. The number of ketones is 4. The maximum absolute atomic E-state index is 13.5. The zero-order valence-electron chi connectivity index (χ0n) is 25.0. The normalized spacial score (nSPS) is 14.0. The number of ether oxygens (including phenoxy) is 4. The number of hydrogen-bond donors (Lipinski definition) is 2. The summed E-state index contributed by atoms with van der Waals surface area (Å²) in [5.41, 5.74) is -2.65. The van der Waals surface area contributed by atoms with E-state index in [0.29, 0.717) is 12.8 Å². The van der Waals surface area contributed by atoms with Crippen molar-refractivity contribution in [2.75, 3.05) is 28.4 Å². The summed E-state index contributed by atoms with van der Waals surface area (Å²) in [6.45, 7) is 3.58. The van der Waals surface area contributed by atoms with Gasteiger partial charge in [0.1, 0.15) is 34.1 Å². The van der Waals surface area contributed by atoms with Crippen LogP contribution in [0.2, 0.25) is 0 Å². The summed E-state index contributed by atoms with van der Waals surface area (Å²) in [5.74, 6) is -8.81. The summed E-state index contributed by atoms with van der Waals surface area (Å²) >= 11 is 0. The SMILES string of the molecule is CCCC1=Cc2c(c(O)c(C(=O)OC)c(OC)c2-c2c3c(c(O)c(C(=O)OC)c2OC)C(=O)C(=O)C(CCC)=C3)C(=O)C1=O. The summed E-state index contributed by atoms with van der Waals surface area (Å²) in [6, 6.07) is 0. The number of fused-ring (bicyclic) bond motifs is 2. The maximum Gasteiger partial charge on any atom is 0.345 e. The number of esters is 2. The van der Waals surface area contributed by atoms with Crippen LogP contribution >= 0.6 is 0 Å². The van der Waals surface area contributed by atoms with Gasteiger partial charge < -0.3 is 29.2 Å². The van der Waals surface area contributed by atoms with Gasteiger partial charge in [0, 0.05) is 33.4 Å². The van der Waals surface area contributed by atoms with E-state index < -0.39 is 68.8 Å². The minimum Gasteiger partial charge on any atom is -0.506 e. The van der Waals surface area contributed by atoms with Crippen LogP contribution in [0.3, 0.4) is 0 Å². The molecule has 2 aliphatic carbocycles. The Morgan fingerprint density at radius 3 is 1.20 bits per heavy atom. The first-order chi connectivity index (χ1) is 20.9. The first-order valence-electron chi connectivity index (χ1n) is 13.6.